The molecule has 3 aromatic rings. The molecule has 0 N–H and O–H groups in total. The molecule has 1 nitrogen and oxygen atoms in total. The molecule has 3 rings (SSSR count). The molecule has 3 heteroatoms. The van der Waals surface area contributed by atoms with E-state index in [0.29, 0.717) is 11.7 Å². The van der Waals surface area contributed by atoms with Crippen LogP contribution < -0.4 is 0 Å². The highest BCUT2D eigenvalue weighted by Gasteiger charge is 2.05. The summed E-state index contributed by atoms with van der Waals surface area (Å²) in [5, 5.41) is 4.80. The summed E-state index contributed by atoms with van der Waals surface area (Å²) < 4.78 is 0. The molecule has 0 saturated carbocycles. The molecule has 0 saturated heterocycles. The highest BCUT2D eigenvalue weighted by molar-refractivity contribution is 7.08. The SMILES string of the molecule is ClC(=NCc1ccccc1-c1ccsc1)c1ccccc1. The van der Waals surface area contributed by atoms with E-state index in [1.165, 1.54) is 16.7 Å². The minimum Gasteiger partial charge on any atom is -0.268 e. The number of hydrogen-bond acceptors (Lipinski definition) is 2. The Balaban J connectivity index is 1.86. The normalized spacial score (nSPS) is 11.6. The maximum absolute atomic E-state index is 6.29. The first-order valence-corrected chi connectivity index (χ1v) is 8.02. The minimum absolute atomic E-state index is 0.552. The van der Waals surface area contributed by atoms with E-state index in [0.717, 1.165) is 5.56 Å². The zero-order chi connectivity index (χ0) is 14.5. The van der Waals surface area contributed by atoms with E-state index in [-0.39, 0.29) is 0 Å². The van der Waals surface area contributed by atoms with E-state index in [4.69, 9.17) is 11.6 Å². The lowest BCUT2D eigenvalue weighted by Crippen LogP contribution is -1.93. The van der Waals surface area contributed by atoms with Gasteiger partial charge in [0.25, 0.3) is 0 Å². The molecule has 0 radical (unpaired) electrons. The van der Waals surface area contributed by atoms with Crippen LogP contribution >= 0.6 is 22.9 Å². The van der Waals surface area contributed by atoms with Gasteiger partial charge in [-0.2, -0.15) is 11.3 Å². The Hall–Kier alpha value is -1.90. The Morgan fingerprint density at radius 3 is 2.48 bits per heavy atom. The molecule has 104 valence electrons. The van der Waals surface area contributed by atoms with Gasteiger partial charge < -0.3 is 0 Å². The molecule has 21 heavy (non-hydrogen) atoms. The molecule has 0 fully saturated rings. The van der Waals surface area contributed by atoms with Crippen molar-refractivity contribution in [1.29, 1.82) is 0 Å². The fourth-order valence-corrected chi connectivity index (χ4v) is 3.02. The van der Waals surface area contributed by atoms with E-state index < -0.39 is 0 Å². The Morgan fingerprint density at radius 1 is 0.952 bits per heavy atom. The van der Waals surface area contributed by atoms with Crippen molar-refractivity contribution in [3.8, 4) is 11.1 Å². The average Bonchev–Trinajstić information content (AvgIpc) is 3.08. The second-order valence-electron chi connectivity index (χ2n) is 4.64. The van der Waals surface area contributed by atoms with Crippen LogP contribution in [0.2, 0.25) is 0 Å². The minimum atomic E-state index is 0.552. The number of hydrogen-bond donors (Lipinski definition) is 0. The van der Waals surface area contributed by atoms with Crippen LogP contribution in [0.25, 0.3) is 11.1 Å². The number of halogens is 1. The van der Waals surface area contributed by atoms with Crippen molar-refractivity contribution in [2.24, 2.45) is 4.99 Å². The van der Waals surface area contributed by atoms with Gasteiger partial charge in [0, 0.05) is 5.56 Å². The van der Waals surface area contributed by atoms with Gasteiger partial charge in [-0.1, -0.05) is 66.2 Å². The van der Waals surface area contributed by atoms with E-state index >= 15 is 0 Å². The van der Waals surface area contributed by atoms with E-state index in [2.05, 4.69) is 40.0 Å². The predicted octanol–water partition coefficient (Wildman–Crippen LogP) is 5.60. The van der Waals surface area contributed by atoms with Gasteiger partial charge in [0.15, 0.2) is 0 Å². The van der Waals surface area contributed by atoms with Crippen LogP contribution in [0, 0.1) is 0 Å². The molecule has 0 aliphatic rings. The predicted molar refractivity (Wildman–Crippen MR) is 92.3 cm³/mol. The molecule has 0 aliphatic heterocycles. The van der Waals surface area contributed by atoms with Crippen LogP contribution in [0.3, 0.4) is 0 Å². The number of nitrogens with zero attached hydrogens (tertiary/aromatic N) is 1. The number of aliphatic imine (C=N–C) groups is 1. The summed E-state index contributed by atoms with van der Waals surface area (Å²) in [7, 11) is 0. The summed E-state index contributed by atoms with van der Waals surface area (Å²) in [6, 6.07) is 20.3. The zero-order valence-electron chi connectivity index (χ0n) is 11.4. The highest BCUT2D eigenvalue weighted by atomic mass is 35.5. The molecular weight excluding hydrogens is 298 g/mol. The van der Waals surface area contributed by atoms with Crippen molar-refractivity contribution in [3.05, 3.63) is 82.6 Å². The van der Waals surface area contributed by atoms with Crippen LogP contribution in [-0.2, 0) is 6.54 Å². The number of benzene rings is 2. The Labute approximate surface area is 133 Å². The lowest BCUT2D eigenvalue weighted by Gasteiger charge is -2.06. The van der Waals surface area contributed by atoms with E-state index in [9.17, 15) is 0 Å². The summed E-state index contributed by atoms with van der Waals surface area (Å²) in [5.41, 5.74) is 4.60. The summed E-state index contributed by atoms with van der Waals surface area (Å²) in [6.07, 6.45) is 0. The standard InChI is InChI=1S/C18H14ClNS/c19-18(14-6-2-1-3-7-14)20-12-15-8-4-5-9-17(15)16-10-11-21-13-16/h1-11,13H,12H2. The average molecular weight is 312 g/mol. The van der Waals surface area contributed by atoms with Gasteiger partial charge in [0.2, 0.25) is 0 Å². The second-order valence-corrected chi connectivity index (χ2v) is 5.78. The molecule has 0 bridgehead atoms. The lowest BCUT2D eigenvalue weighted by atomic mass is 10.0. The molecule has 0 spiro atoms. The van der Waals surface area contributed by atoms with Crippen molar-refractivity contribution in [1.82, 2.24) is 0 Å². The maximum Gasteiger partial charge on any atom is 0.131 e. The van der Waals surface area contributed by atoms with E-state index in [1.54, 1.807) is 11.3 Å². The van der Waals surface area contributed by atoms with Gasteiger partial charge in [-0.15, -0.1) is 0 Å². The van der Waals surface area contributed by atoms with Crippen LogP contribution in [0.15, 0.2) is 76.4 Å². The van der Waals surface area contributed by atoms with Crippen LogP contribution in [-0.4, -0.2) is 5.17 Å². The van der Waals surface area contributed by atoms with Gasteiger partial charge in [0.1, 0.15) is 5.17 Å². The molecule has 0 atom stereocenters. The Bertz CT molecular complexity index is 733. The summed E-state index contributed by atoms with van der Waals surface area (Å²) in [5.74, 6) is 0. The summed E-state index contributed by atoms with van der Waals surface area (Å²) >= 11 is 7.99. The van der Waals surface area contributed by atoms with Crippen molar-refractivity contribution >= 4 is 28.1 Å². The van der Waals surface area contributed by atoms with Crippen molar-refractivity contribution in [2.75, 3.05) is 0 Å². The Kier molecular flexibility index (Phi) is 4.49. The Morgan fingerprint density at radius 2 is 1.71 bits per heavy atom. The van der Waals surface area contributed by atoms with Crippen LogP contribution in [0.4, 0.5) is 0 Å². The third kappa shape index (κ3) is 3.41. The number of rotatable bonds is 4. The van der Waals surface area contributed by atoms with Gasteiger partial charge in [-0.25, -0.2) is 0 Å². The smallest absolute Gasteiger partial charge is 0.131 e. The van der Waals surface area contributed by atoms with Crippen LogP contribution in [0.5, 0.6) is 0 Å². The zero-order valence-corrected chi connectivity index (χ0v) is 12.9. The third-order valence-electron chi connectivity index (χ3n) is 3.25. The first-order valence-electron chi connectivity index (χ1n) is 6.70. The van der Waals surface area contributed by atoms with E-state index in [1.807, 2.05) is 36.4 Å². The number of thiophene rings is 1. The third-order valence-corrected chi connectivity index (χ3v) is 4.27. The van der Waals surface area contributed by atoms with Gasteiger partial charge in [-0.05, 0) is 33.5 Å². The molecule has 2 aromatic carbocycles. The fraction of sp³-hybridized carbons (Fsp3) is 0.0556. The molecular formula is C18H14ClNS. The molecule has 1 heterocycles. The van der Waals surface area contributed by atoms with Gasteiger partial charge in [0.05, 0.1) is 6.54 Å². The maximum atomic E-state index is 6.29. The van der Waals surface area contributed by atoms with Gasteiger partial charge in [-0.3, -0.25) is 4.99 Å². The highest BCUT2D eigenvalue weighted by Crippen LogP contribution is 2.26. The molecule has 0 unspecified atom stereocenters. The molecule has 1 aromatic heterocycles. The first kappa shape index (κ1) is 14.1. The van der Waals surface area contributed by atoms with Crippen molar-refractivity contribution in [3.63, 3.8) is 0 Å². The first-order chi connectivity index (χ1) is 10.3. The van der Waals surface area contributed by atoms with Crippen molar-refractivity contribution in [2.45, 2.75) is 6.54 Å². The topological polar surface area (TPSA) is 12.4 Å². The summed E-state index contributed by atoms with van der Waals surface area (Å²) in [4.78, 5) is 4.52. The quantitative estimate of drug-likeness (QED) is 0.556. The molecule has 0 aliphatic carbocycles. The van der Waals surface area contributed by atoms with Crippen molar-refractivity contribution < 1.29 is 0 Å². The van der Waals surface area contributed by atoms with Crippen LogP contribution in [0.1, 0.15) is 11.1 Å². The molecule has 0 amide bonds. The fourth-order valence-electron chi connectivity index (χ4n) is 2.18. The lowest BCUT2D eigenvalue weighted by molar-refractivity contribution is 1.08. The monoisotopic (exact) mass is 311 g/mol. The largest absolute Gasteiger partial charge is 0.268 e. The van der Waals surface area contributed by atoms with Gasteiger partial charge >= 0.3 is 0 Å². The summed E-state index contributed by atoms with van der Waals surface area (Å²) in [6.45, 7) is 0.583. The second kappa shape index (κ2) is 6.70.